The fourth-order valence-corrected chi connectivity index (χ4v) is 2.04. The Morgan fingerprint density at radius 1 is 1.35 bits per heavy atom. The van der Waals surface area contributed by atoms with Crippen molar-refractivity contribution in [2.45, 2.75) is 6.92 Å². The molecule has 2 aromatic rings. The summed E-state index contributed by atoms with van der Waals surface area (Å²) in [7, 11) is 1.64. The summed E-state index contributed by atoms with van der Waals surface area (Å²) in [6.45, 7) is 1.83. The van der Waals surface area contributed by atoms with Crippen LogP contribution in [0.4, 0.5) is 0 Å². The SMILES string of the molecule is COc1ccc(-c2nsc(C=C(C)N)n2)cc1. The molecule has 1 aromatic heterocycles. The predicted molar refractivity (Wildman–Crippen MR) is 69.7 cm³/mol. The Bertz CT molecular complexity index is 527. The second-order valence-electron chi connectivity index (χ2n) is 3.57. The minimum absolute atomic E-state index is 0.713. The Morgan fingerprint density at radius 3 is 2.65 bits per heavy atom. The number of ether oxygens (including phenoxy) is 1. The molecule has 0 saturated heterocycles. The molecule has 0 spiro atoms. The zero-order valence-electron chi connectivity index (χ0n) is 9.68. The van der Waals surface area contributed by atoms with Gasteiger partial charge in [-0.25, -0.2) is 4.98 Å². The average Bonchev–Trinajstić information content (AvgIpc) is 2.77. The lowest BCUT2D eigenvalue weighted by Crippen LogP contribution is -1.89. The fraction of sp³-hybridized carbons (Fsp3) is 0.167. The Morgan fingerprint density at radius 2 is 2.06 bits per heavy atom. The summed E-state index contributed by atoms with van der Waals surface area (Å²) in [6.07, 6.45) is 1.81. The molecule has 1 heterocycles. The second-order valence-corrected chi connectivity index (χ2v) is 4.36. The van der Waals surface area contributed by atoms with E-state index in [4.69, 9.17) is 10.5 Å². The van der Waals surface area contributed by atoms with Crippen LogP contribution >= 0.6 is 11.5 Å². The van der Waals surface area contributed by atoms with E-state index in [1.807, 2.05) is 37.3 Å². The number of hydrogen-bond acceptors (Lipinski definition) is 5. The fourth-order valence-electron chi connectivity index (χ4n) is 1.35. The lowest BCUT2D eigenvalue weighted by atomic mass is 10.2. The number of benzene rings is 1. The summed E-state index contributed by atoms with van der Waals surface area (Å²) in [6, 6.07) is 7.65. The van der Waals surface area contributed by atoms with E-state index in [-0.39, 0.29) is 0 Å². The van der Waals surface area contributed by atoms with E-state index >= 15 is 0 Å². The Kier molecular flexibility index (Phi) is 3.39. The van der Waals surface area contributed by atoms with Gasteiger partial charge in [0.1, 0.15) is 10.8 Å². The first-order valence-electron chi connectivity index (χ1n) is 5.11. The molecule has 0 aliphatic carbocycles. The number of hydrogen-bond donors (Lipinski definition) is 1. The highest BCUT2D eigenvalue weighted by atomic mass is 32.1. The van der Waals surface area contributed by atoms with Crippen LogP contribution in [-0.4, -0.2) is 16.5 Å². The molecule has 2 N–H and O–H groups in total. The van der Waals surface area contributed by atoms with Crippen LogP contribution in [0.3, 0.4) is 0 Å². The third-order valence-corrected chi connectivity index (χ3v) is 2.80. The highest BCUT2D eigenvalue weighted by molar-refractivity contribution is 7.06. The van der Waals surface area contributed by atoms with Crippen LogP contribution in [0.15, 0.2) is 30.0 Å². The van der Waals surface area contributed by atoms with E-state index in [2.05, 4.69) is 9.36 Å². The minimum Gasteiger partial charge on any atom is -0.497 e. The van der Waals surface area contributed by atoms with Crippen molar-refractivity contribution in [3.05, 3.63) is 35.0 Å². The van der Waals surface area contributed by atoms with E-state index in [1.165, 1.54) is 11.5 Å². The summed E-state index contributed by atoms with van der Waals surface area (Å²) < 4.78 is 9.38. The van der Waals surface area contributed by atoms with Gasteiger partial charge in [0.25, 0.3) is 0 Å². The van der Waals surface area contributed by atoms with E-state index in [0.717, 1.165) is 22.0 Å². The maximum Gasteiger partial charge on any atom is 0.173 e. The van der Waals surface area contributed by atoms with Gasteiger partial charge in [0.2, 0.25) is 0 Å². The van der Waals surface area contributed by atoms with Crippen LogP contribution in [0.25, 0.3) is 17.5 Å². The van der Waals surface area contributed by atoms with Crippen molar-refractivity contribution in [2.24, 2.45) is 5.73 Å². The van der Waals surface area contributed by atoms with E-state index < -0.39 is 0 Å². The number of aromatic nitrogens is 2. The summed E-state index contributed by atoms with van der Waals surface area (Å²) in [5.41, 5.74) is 7.29. The first kappa shape index (κ1) is 11.6. The molecule has 1 aromatic carbocycles. The van der Waals surface area contributed by atoms with E-state index in [9.17, 15) is 0 Å². The van der Waals surface area contributed by atoms with Gasteiger partial charge >= 0.3 is 0 Å². The molecule has 2 rings (SSSR count). The van der Waals surface area contributed by atoms with Gasteiger partial charge in [0.15, 0.2) is 5.82 Å². The number of methoxy groups -OCH3 is 1. The monoisotopic (exact) mass is 247 g/mol. The van der Waals surface area contributed by atoms with Gasteiger partial charge in [-0.1, -0.05) is 0 Å². The van der Waals surface area contributed by atoms with Crippen LogP contribution in [0.1, 0.15) is 11.9 Å². The first-order chi connectivity index (χ1) is 8.19. The summed E-state index contributed by atoms with van der Waals surface area (Å²) in [5.74, 6) is 1.53. The van der Waals surface area contributed by atoms with Crippen LogP contribution in [-0.2, 0) is 0 Å². The maximum absolute atomic E-state index is 5.59. The number of rotatable bonds is 3. The molecule has 0 atom stereocenters. The molecule has 4 nitrogen and oxygen atoms in total. The molecule has 0 bridgehead atoms. The van der Waals surface area contributed by atoms with Gasteiger partial charge in [-0.3, -0.25) is 0 Å². The molecule has 0 aliphatic heterocycles. The van der Waals surface area contributed by atoms with Crippen LogP contribution < -0.4 is 10.5 Å². The van der Waals surface area contributed by atoms with Gasteiger partial charge in [-0.15, -0.1) is 0 Å². The summed E-state index contributed by atoms with van der Waals surface area (Å²) in [4.78, 5) is 4.39. The third kappa shape index (κ3) is 2.82. The van der Waals surface area contributed by atoms with E-state index in [0.29, 0.717) is 5.82 Å². The van der Waals surface area contributed by atoms with Crippen molar-refractivity contribution in [1.82, 2.24) is 9.36 Å². The second kappa shape index (κ2) is 4.97. The quantitative estimate of drug-likeness (QED) is 0.905. The lowest BCUT2D eigenvalue weighted by Gasteiger charge is -1.99. The highest BCUT2D eigenvalue weighted by Crippen LogP contribution is 2.21. The maximum atomic E-state index is 5.59. The van der Waals surface area contributed by atoms with Gasteiger partial charge in [0.05, 0.1) is 7.11 Å². The molecule has 88 valence electrons. The highest BCUT2D eigenvalue weighted by Gasteiger charge is 2.05. The predicted octanol–water partition coefficient (Wildman–Crippen LogP) is 2.53. The summed E-state index contributed by atoms with van der Waals surface area (Å²) in [5, 5.41) is 0.816. The Hall–Kier alpha value is -1.88. The van der Waals surface area contributed by atoms with Gasteiger partial charge in [-0.05, 0) is 48.8 Å². The molecule has 0 saturated carbocycles. The van der Waals surface area contributed by atoms with Crippen molar-refractivity contribution in [3.8, 4) is 17.1 Å². The van der Waals surface area contributed by atoms with Crippen molar-refractivity contribution in [1.29, 1.82) is 0 Å². The largest absolute Gasteiger partial charge is 0.497 e. The lowest BCUT2D eigenvalue weighted by molar-refractivity contribution is 0.415. The van der Waals surface area contributed by atoms with Crippen molar-refractivity contribution < 1.29 is 4.74 Å². The standard InChI is InChI=1S/C12H13N3OS/c1-8(13)7-11-14-12(15-17-11)9-3-5-10(16-2)6-4-9/h3-7H,13H2,1-2H3. The first-order valence-corrected chi connectivity index (χ1v) is 5.88. The van der Waals surface area contributed by atoms with Gasteiger partial charge in [0, 0.05) is 11.3 Å². The molecular weight excluding hydrogens is 234 g/mol. The van der Waals surface area contributed by atoms with Crippen molar-refractivity contribution in [2.75, 3.05) is 7.11 Å². The number of nitrogens with two attached hydrogens (primary N) is 1. The Balaban J connectivity index is 2.27. The number of allylic oxidation sites excluding steroid dienone is 1. The van der Waals surface area contributed by atoms with Crippen LogP contribution in [0, 0.1) is 0 Å². The smallest absolute Gasteiger partial charge is 0.173 e. The molecule has 17 heavy (non-hydrogen) atoms. The average molecular weight is 247 g/mol. The van der Waals surface area contributed by atoms with Crippen molar-refractivity contribution in [3.63, 3.8) is 0 Å². The molecule has 0 amide bonds. The van der Waals surface area contributed by atoms with E-state index in [1.54, 1.807) is 7.11 Å². The third-order valence-electron chi connectivity index (χ3n) is 2.14. The number of nitrogens with zero attached hydrogens (tertiary/aromatic N) is 2. The zero-order valence-corrected chi connectivity index (χ0v) is 10.5. The minimum atomic E-state index is 0.713. The molecule has 0 fully saturated rings. The molecular formula is C12H13N3OS. The zero-order chi connectivity index (χ0) is 12.3. The normalized spacial score (nSPS) is 11.5. The summed E-state index contributed by atoms with van der Waals surface area (Å²) >= 11 is 1.33. The molecule has 0 aliphatic rings. The topological polar surface area (TPSA) is 61.0 Å². The van der Waals surface area contributed by atoms with Gasteiger partial charge < -0.3 is 10.5 Å². The van der Waals surface area contributed by atoms with Crippen molar-refractivity contribution >= 4 is 17.6 Å². The van der Waals surface area contributed by atoms with Crippen LogP contribution in [0.5, 0.6) is 5.75 Å². The van der Waals surface area contributed by atoms with Crippen LogP contribution in [0.2, 0.25) is 0 Å². The molecule has 0 radical (unpaired) electrons. The molecule has 5 heteroatoms. The van der Waals surface area contributed by atoms with Gasteiger partial charge in [-0.2, -0.15) is 4.37 Å². The molecule has 0 unspecified atom stereocenters. The Labute approximate surface area is 104 Å².